The molecule has 0 saturated heterocycles. The van der Waals surface area contributed by atoms with Gasteiger partial charge in [0.25, 0.3) is 0 Å². The Hall–Kier alpha value is -1.42. The highest BCUT2D eigenvalue weighted by atomic mass is 19.1. The van der Waals surface area contributed by atoms with Crippen molar-refractivity contribution < 1.29 is 9.18 Å². The summed E-state index contributed by atoms with van der Waals surface area (Å²) in [6, 6.07) is 6.23. The Bertz CT molecular complexity index is 378. The quantitative estimate of drug-likeness (QED) is 0.837. The lowest BCUT2D eigenvalue weighted by molar-refractivity contribution is -0.125. The van der Waals surface area contributed by atoms with Crippen molar-refractivity contribution >= 4 is 5.91 Å². The van der Waals surface area contributed by atoms with Crippen LogP contribution < -0.4 is 5.32 Å². The van der Waals surface area contributed by atoms with Gasteiger partial charge in [-0.15, -0.1) is 0 Å². The van der Waals surface area contributed by atoms with Crippen LogP contribution in [0.4, 0.5) is 4.39 Å². The highest BCUT2D eigenvalue weighted by Gasteiger charge is 2.15. The zero-order valence-corrected chi connectivity index (χ0v) is 11.2. The molecule has 1 aromatic rings. The van der Waals surface area contributed by atoms with Crippen molar-refractivity contribution in [1.82, 2.24) is 10.2 Å². The number of amides is 1. The second-order valence-electron chi connectivity index (χ2n) is 4.42. The van der Waals surface area contributed by atoms with Crippen LogP contribution in [0.1, 0.15) is 19.4 Å². The van der Waals surface area contributed by atoms with Crippen LogP contribution in [-0.2, 0) is 11.2 Å². The Balaban J connectivity index is 2.33. The summed E-state index contributed by atoms with van der Waals surface area (Å²) in [5, 5.41) is 2.89. The van der Waals surface area contributed by atoms with E-state index in [9.17, 15) is 9.18 Å². The van der Waals surface area contributed by atoms with Crippen molar-refractivity contribution in [3.8, 4) is 0 Å². The van der Waals surface area contributed by atoms with E-state index in [1.165, 1.54) is 12.1 Å². The summed E-state index contributed by atoms with van der Waals surface area (Å²) in [5.74, 6) is -0.206. The standard InChI is InChI=1S/C14H21FN2O/c1-4-17(3)11(2)14(18)16-10-9-12-5-7-13(15)8-6-12/h5-8,11H,4,9-10H2,1-3H3,(H,16,18). The molecular formula is C14H21FN2O. The van der Waals surface area contributed by atoms with E-state index in [-0.39, 0.29) is 17.8 Å². The van der Waals surface area contributed by atoms with Gasteiger partial charge in [-0.05, 0) is 44.6 Å². The van der Waals surface area contributed by atoms with Crippen LogP contribution in [0.15, 0.2) is 24.3 Å². The number of hydrogen-bond acceptors (Lipinski definition) is 2. The van der Waals surface area contributed by atoms with Crippen LogP contribution in [-0.4, -0.2) is 37.0 Å². The van der Waals surface area contributed by atoms with Gasteiger partial charge in [0.2, 0.25) is 5.91 Å². The largest absolute Gasteiger partial charge is 0.354 e. The average molecular weight is 252 g/mol. The third kappa shape index (κ3) is 4.45. The molecule has 1 rings (SSSR count). The highest BCUT2D eigenvalue weighted by molar-refractivity contribution is 5.81. The maximum Gasteiger partial charge on any atom is 0.237 e. The summed E-state index contributed by atoms with van der Waals surface area (Å²) >= 11 is 0. The lowest BCUT2D eigenvalue weighted by Crippen LogP contribution is -2.43. The zero-order valence-electron chi connectivity index (χ0n) is 11.2. The van der Waals surface area contributed by atoms with E-state index < -0.39 is 0 Å². The summed E-state index contributed by atoms with van der Waals surface area (Å²) in [4.78, 5) is 13.8. The van der Waals surface area contributed by atoms with E-state index in [1.807, 2.05) is 25.8 Å². The van der Waals surface area contributed by atoms with Crippen LogP contribution in [0.5, 0.6) is 0 Å². The maximum absolute atomic E-state index is 12.7. The molecule has 1 atom stereocenters. The molecule has 1 amide bonds. The SMILES string of the molecule is CCN(C)C(C)C(=O)NCCc1ccc(F)cc1. The molecule has 3 nitrogen and oxygen atoms in total. The minimum absolute atomic E-state index is 0.0291. The number of nitrogens with zero attached hydrogens (tertiary/aromatic N) is 1. The first kappa shape index (κ1) is 14.6. The molecule has 1 unspecified atom stereocenters. The van der Waals surface area contributed by atoms with Crippen molar-refractivity contribution in [2.75, 3.05) is 20.1 Å². The second kappa shape index (κ2) is 7.11. The minimum Gasteiger partial charge on any atom is -0.354 e. The molecule has 1 N–H and O–H groups in total. The van der Waals surface area contributed by atoms with Crippen molar-refractivity contribution in [3.63, 3.8) is 0 Å². The van der Waals surface area contributed by atoms with Crippen LogP contribution >= 0.6 is 0 Å². The molecule has 0 bridgehead atoms. The second-order valence-corrected chi connectivity index (χ2v) is 4.42. The minimum atomic E-state index is -0.235. The van der Waals surface area contributed by atoms with Gasteiger partial charge in [-0.3, -0.25) is 9.69 Å². The lowest BCUT2D eigenvalue weighted by Gasteiger charge is -2.22. The van der Waals surface area contributed by atoms with Crippen molar-refractivity contribution in [2.45, 2.75) is 26.3 Å². The van der Waals surface area contributed by atoms with Gasteiger partial charge in [0, 0.05) is 6.54 Å². The molecule has 100 valence electrons. The van der Waals surface area contributed by atoms with E-state index in [4.69, 9.17) is 0 Å². The Kier molecular flexibility index (Phi) is 5.78. The van der Waals surface area contributed by atoms with Gasteiger partial charge in [0.15, 0.2) is 0 Å². The third-order valence-electron chi connectivity index (χ3n) is 3.17. The number of benzene rings is 1. The molecule has 0 heterocycles. The Morgan fingerprint density at radius 1 is 1.39 bits per heavy atom. The van der Waals surface area contributed by atoms with Gasteiger partial charge in [-0.25, -0.2) is 4.39 Å². The Morgan fingerprint density at radius 3 is 2.56 bits per heavy atom. The molecule has 18 heavy (non-hydrogen) atoms. The Labute approximate surface area is 108 Å². The molecule has 0 fully saturated rings. The molecule has 0 spiro atoms. The summed E-state index contributed by atoms with van der Waals surface area (Å²) in [6.45, 7) is 5.32. The Morgan fingerprint density at radius 2 is 2.00 bits per heavy atom. The normalized spacial score (nSPS) is 12.5. The van der Waals surface area contributed by atoms with Gasteiger partial charge >= 0.3 is 0 Å². The van der Waals surface area contributed by atoms with Crippen molar-refractivity contribution in [2.24, 2.45) is 0 Å². The number of nitrogens with one attached hydrogen (secondary N) is 1. The number of carbonyl (C=O) groups excluding carboxylic acids is 1. The molecular weight excluding hydrogens is 231 g/mol. The lowest BCUT2D eigenvalue weighted by atomic mass is 10.1. The number of likely N-dealkylation sites (N-methyl/N-ethyl adjacent to an activating group) is 1. The third-order valence-corrected chi connectivity index (χ3v) is 3.17. The van der Waals surface area contributed by atoms with Gasteiger partial charge in [-0.1, -0.05) is 19.1 Å². The van der Waals surface area contributed by atoms with Crippen molar-refractivity contribution in [3.05, 3.63) is 35.6 Å². The molecule has 0 radical (unpaired) electrons. The molecule has 0 aromatic heterocycles. The van der Waals surface area contributed by atoms with E-state index >= 15 is 0 Å². The molecule has 4 heteroatoms. The van der Waals surface area contributed by atoms with Gasteiger partial charge < -0.3 is 5.32 Å². The molecule has 0 aliphatic heterocycles. The average Bonchev–Trinajstić information content (AvgIpc) is 2.39. The number of hydrogen-bond donors (Lipinski definition) is 1. The molecule has 0 aliphatic rings. The fourth-order valence-corrected chi connectivity index (χ4v) is 1.60. The predicted molar refractivity (Wildman–Crippen MR) is 70.9 cm³/mol. The topological polar surface area (TPSA) is 32.3 Å². The summed E-state index contributed by atoms with van der Waals surface area (Å²) in [6.07, 6.45) is 0.717. The highest BCUT2D eigenvalue weighted by Crippen LogP contribution is 2.03. The fraction of sp³-hybridized carbons (Fsp3) is 0.500. The summed E-state index contributed by atoms with van der Waals surface area (Å²) < 4.78 is 12.7. The van der Waals surface area contributed by atoms with Gasteiger partial charge in [0.1, 0.15) is 5.82 Å². The molecule has 0 saturated carbocycles. The van der Waals surface area contributed by atoms with Gasteiger partial charge in [-0.2, -0.15) is 0 Å². The van der Waals surface area contributed by atoms with E-state index in [1.54, 1.807) is 12.1 Å². The first-order valence-corrected chi connectivity index (χ1v) is 6.27. The van der Waals surface area contributed by atoms with E-state index in [0.29, 0.717) is 13.0 Å². The fourth-order valence-electron chi connectivity index (χ4n) is 1.60. The maximum atomic E-state index is 12.7. The number of rotatable bonds is 6. The van der Waals surface area contributed by atoms with Crippen LogP contribution in [0.2, 0.25) is 0 Å². The molecule has 1 aromatic carbocycles. The summed E-state index contributed by atoms with van der Waals surface area (Å²) in [5.41, 5.74) is 1.02. The number of halogens is 1. The van der Waals surface area contributed by atoms with Crippen LogP contribution in [0, 0.1) is 5.82 Å². The molecule has 0 aliphatic carbocycles. The van der Waals surface area contributed by atoms with E-state index in [2.05, 4.69) is 5.32 Å². The van der Waals surface area contributed by atoms with Crippen molar-refractivity contribution in [1.29, 1.82) is 0 Å². The van der Waals surface area contributed by atoms with E-state index in [0.717, 1.165) is 12.1 Å². The van der Waals surface area contributed by atoms with Crippen LogP contribution in [0.3, 0.4) is 0 Å². The number of carbonyl (C=O) groups is 1. The monoisotopic (exact) mass is 252 g/mol. The van der Waals surface area contributed by atoms with Gasteiger partial charge in [0.05, 0.1) is 6.04 Å². The van der Waals surface area contributed by atoms with Crippen LogP contribution in [0.25, 0.3) is 0 Å². The first-order valence-electron chi connectivity index (χ1n) is 6.27. The predicted octanol–water partition coefficient (Wildman–Crippen LogP) is 1.82. The zero-order chi connectivity index (χ0) is 13.5. The smallest absolute Gasteiger partial charge is 0.237 e. The summed E-state index contributed by atoms with van der Waals surface area (Å²) in [7, 11) is 1.92. The first-order chi connectivity index (χ1) is 8.54.